The quantitative estimate of drug-likeness (QED) is 0.626. The minimum Gasteiger partial charge on any atom is -0.364 e. The van der Waals surface area contributed by atoms with Crippen molar-refractivity contribution in [2.24, 2.45) is 7.05 Å². The highest BCUT2D eigenvalue weighted by Gasteiger charge is 2.10. The predicted molar refractivity (Wildman–Crippen MR) is 92.4 cm³/mol. The van der Waals surface area contributed by atoms with Gasteiger partial charge in [0.15, 0.2) is 0 Å². The van der Waals surface area contributed by atoms with E-state index < -0.39 is 0 Å². The van der Waals surface area contributed by atoms with Crippen molar-refractivity contribution in [3.8, 4) is 6.07 Å². The van der Waals surface area contributed by atoms with Crippen LogP contribution in [0.3, 0.4) is 0 Å². The standard InChI is InChI=1S/C17H13N5S/c1-22-10-19-8-12(22)9-20-17-14-4-5-23-16(14)13-3-2-11(7-18)6-15(13)21-17/h2-6,8,10H,9H2,1H3,(H,20,21). The number of hydrogen-bond acceptors (Lipinski definition) is 5. The number of fused-ring (bicyclic) bond motifs is 3. The molecule has 1 aromatic carbocycles. The van der Waals surface area contributed by atoms with Crippen LogP contribution >= 0.6 is 11.3 Å². The molecule has 0 saturated heterocycles. The molecule has 0 bridgehead atoms. The lowest BCUT2D eigenvalue weighted by atomic mass is 10.1. The lowest BCUT2D eigenvalue weighted by Gasteiger charge is -2.09. The highest BCUT2D eigenvalue weighted by molar-refractivity contribution is 7.18. The summed E-state index contributed by atoms with van der Waals surface area (Å²) >= 11 is 1.69. The Labute approximate surface area is 136 Å². The Morgan fingerprint density at radius 2 is 2.22 bits per heavy atom. The average molecular weight is 319 g/mol. The molecule has 0 unspecified atom stereocenters. The van der Waals surface area contributed by atoms with Gasteiger partial charge in [-0.2, -0.15) is 5.26 Å². The van der Waals surface area contributed by atoms with Gasteiger partial charge in [0.1, 0.15) is 5.82 Å². The van der Waals surface area contributed by atoms with E-state index in [0.717, 1.165) is 27.8 Å². The van der Waals surface area contributed by atoms with Gasteiger partial charge < -0.3 is 9.88 Å². The van der Waals surface area contributed by atoms with E-state index in [-0.39, 0.29) is 0 Å². The fraction of sp³-hybridized carbons (Fsp3) is 0.118. The van der Waals surface area contributed by atoms with Crippen LogP contribution in [0.2, 0.25) is 0 Å². The highest BCUT2D eigenvalue weighted by Crippen LogP contribution is 2.33. The Morgan fingerprint density at radius 1 is 1.30 bits per heavy atom. The molecule has 3 heterocycles. The number of anilines is 1. The minimum absolute atomic E-state index is 0.624. The van der Waals surface area contributed by atoms with Crippen LogP contribution in [0.5, 0.6) is 0 Å². The molecule has 3 aromatic heterocycles. The molecule has 0 fully saturated rings. The number of imidazole rings is 1. The van der Waals surface area contributed by atoms with Gasteiger partial charge in [-0.05, 0) is 23.6 Å². The van der Waals surface area contributed by atoms with Gasteiger partial charge >= 0.3 is 0 Å². The second kappa shape index (κ2) is 5.38. The van der Waals surface area contributed by atoms with E-state index in [1.165, 1.54) is 4.70 Å². The lowest BCUT2D eigenvalue weighted by molar-refractivity contribution is 0.836. The lowest BCUT2D eigenvalue weighted by Crippen LogP contribution is -2.05. The summed E-state index contributed by atoms with van der Waals surface area (Å²) in [4.78, 5) is 8.86. The molecule has 5 nitrogen and oxygen atoms in total. The Kier molecular flexibility index (Phi) is 3.21. The van der Waals surface area contributed by atoms with Gasteiger partial charge in [-0.25, -0.2) is 9.97 Å². The van der Waals surface area contributed by atoms with Crippen molar-refractivity contribution >= 4 is 38.1 Å². The van der Waals surface area contributed by atoms with Crippen molar-refractivity contribution in [3.05, 3.63) is 53.4 Å². The number of aromatic nitrogens is 3. The zero-order valence-electron chi connectivity index (χ0n) is 12.4. The van der Waals surface area contributed by atoms with Gasteiger partial charge in [0, 0.05) is 28.7 Å². The first-order valence-corrected chi connectivity index (χ1v) is 8.04. The molecule has 1 N–H and O–H groups in total. The summed E-state index contributed by atoms with van der Waals surface area (Å²) in [6.07, 6.45) is 3.62. The van der Waals surface area contributed by atoms with E-state index in [4.69, 9.17) is 10.2 Å². The number of hydrogen-bond donors (Lipinski definition) is 1. The third-order valence-electron chi connectivity index (χ3n) is 3.88. The Morgan fingerprint density at radius 3 is 3.00 bits per heavy atom. The van der Waals surface area contributed by atoms with Crippen LogP contribution in [0.4, 0.5) is 5.82 Å². The third-order valence-corrected chi connectivity index (χ3v) is 4.83. The van der Waals surface area contributed by atoms with Crippen LogP contribution < -0.4 is 5.32 Å². The van der Waals surface area contributed by atoms with Crippen LogP contribution in [-0.4, -0.2) is 14.5 Å². The third kappa shape index (κ3) is 2.31. The largest absolute Gasteiger partial charge is 0.364 e. The van der Waals surface area contributed by atoms with Gasteiger partial charge in [-0.1, -0.05) is 6.07 Å². The number of nitriles is 1. The van der Waals surface area contributed by atoms with Crippen LogP contribution in [0.1, 0.15) is 11.3 Å². The van der Waals surface area contributed by atoms with E-state index in [0.29, 0.717) is 12.1 Å². The molecular formula is C17H13N5S. The van der Waals surface area contributed by atoms with Crippen molar-refractivity contribution in [2.45, 2.75) is 6.54 Å². The average Bonchev–Trinajstić information content (AvgIpc) is 3.21. The number of benzene rings is 1. The smallest absolute Gasteiger partial charge is 0.135 e. The number of thiophene rings is 1. The van der Waals surface area contributed by atoms with Crippen molar-refractivity contribution in [2.75, 3.05) is 5.32 Å². The monoisotopic (exact) mass is 319 g/mol. The molecule has 0 aliphatic rings. The molecule has 4 aromatic rings. The summed E-state index contributed by atoms with van der Waals surface area (Å²) in [5.74, 6) is 0.838. The van der Waals surface area contributed by atoms with E-state index in [9.17, 15) is 0 Å². The van der Waals surface area contributed by atoms with Crippen LogP contribution in [0.25, 0.3) is 21.0 Å². The number of nitrogens with zero attached hydrogens (tertiary/aromatic N) is 4. The molecule has 0 radical (unpaired) electrons. The summed E-state index contributed by atoms with van der Waals surface area (Å²) in [5, 5.41) is 16.8. The molecule has 23 heavy (non-hydrogen) atoms. The van der Waals surface area contributed by atoms with Gasteiger partial charge in [0.25, 0.3) is 0 Å². The van der Waals surface area contributed by atoms with Crippen molar-refractivity contribution in [3.63, 3.8) is 0 Å². The number of nitrogens with one attached hydrogen (secondary N) is 1. The highest BCUT2D eigenvalue weighted by atomic mass is 32.1. The number of rotatable bonds is 3. The van der Waals surface area contributed by atoms with Gasteiger partial charge in [0.05, 0.1) is 35.7 Å². The summed E-state index contributed by atoms with van der Waals surface area (Å²) in [7, 11) is 1.97. The van der Waals surface area contributed by atoms with Crippen molar-refractivity contribution < 1.29 is 0 Å². The zero-order chi connectivity index (χ0) is 15.8. The number of pyridine rings is 1. The summed E-state index contributed by atoms with van der Waals surface area (Å²) < 4.78 is 3.17. The fourth-order valence-corrected chi connectivity index (χ4v) is 3.57. The second-order valence-corrected chi connectivity index (χ2v) is 6.23. The fourth-order valence-electron chi connectivity index (χ4n) is 2.63. The second-order valence-electron chi connectivity index (χ2n) is 5.32. The van der Waals surface area contributed by atoms with Crippen LogP contribution in [-0.2, 0) is 13.6 Å². The number of aryl methyl sites for hydroxylation is 1. The van der Waals surface area contributed by atoms with Gasteiger partial charge in [0.2, 0.25) is 0 Å². The van der Waals surface area contributed by atoms with E-state index in [1.54, 1.807) is 17.7 Å². The Bertz CT molecular complexity index is 1050. The summed E-state index contributed by atoms with van der Waals surface area (Å²) in [5.41, 5.74) is 2.55. The molecule has 0 saturated carbocycles. The first-order chi connectivity index (χ1) is 11.3. The van der Waals surface area contributed by atoms with Crippen LogP contribution in [0.15, 0.2) is 42.2 Å². The maximum absolute atomic E-state index is 9.10. The molecule has 112 valence electrons. The van der Waals surface area contributed by atoms with Crippen molar-refractivity contribution in [1.82, 2.24) is 14.5 Å². The molecule has 0 aliphatic carbocycles. The topological polar surface area (TPSA) is 66.5 Å². The molecular weight excluding hydrogens is 306 g/mol. The summed E-state index contributed by atoms with van der Waals surface area (Å²) in [6.45, 7) is 0.651. The molecule has 0 amide bonds. The summed E-state index contributed by atoms with van der Waals surface area (Å²) in [6, 6.07) is 9.91. The molecule has 0 aliphatic heterocycles. The van der Waals surface area contributed by atoms with E-state index >= 15 is 0 Å². The molecule has 0 atom stereocenters. The Hall–Kier alpha value is -2.91. The molecule has 0 spiro atoms. The molecule has 4 rings (SSSR count). The SMILES string of the molecule is Cn1cncc1CNc1nc2cc(C#N)ccc2c2sccc12. The van der Waals surface area contributed by atoms with Gasteiger partial charge in [-0.3, -0.25) is 0 Å². The zero-order valence-corrected chi connectivity index (χ0v) is 13.3. The maximum atomic E-state index is 9.10. The normalized spacial score (nSPS) is 11.0. The first-order valence-electron chi connectivity index (χ1n) is 7.16. The van der Waals surface area contributed by atoms with Crippen molar-refractivity contribution in [1.29, 1.82) is 5.26 Å². The first kappa shape index (κ1) is 13.7. The molecule has 6 heteroatoms. The maximum Gasteiger partial charge on any atom is 0.135 e. The minimum atomic E-state index is 0.624. The van der Waals surface area contributed by atoms with Gasteiger partial charge in [-0.15, -0.1) is 11.3 Å². The van der Waals surface area contributed by atoms with E-state index in [2.05, 4.69) is 27.8 Å². The van der Waals surface area contributed by atoms with Crippen LogP contribution in [0, 0.1) is 11.3 Å². The van der Waals surface area contributed by atoms with E-state index in [1.807, 2.05) is 36.0 Å². The Balaban J connectivity index is 1.82. The predicted octanol–water partition coefficient (Wildman–Crippen LogP) is 3.67.